The van der Waals surface area contributed by atoms with Crippen molar-refractivity contribution in [3.8, 4) is 0 Å². The number of rotatable bonds is 0. The highest BCUT2D eigenvalue weighted by molar-refractivity contribution is 9.10. The lowest BCUT2D eigenvalue weighted by Crippen LogP contribution is -1.57. The lowest BCUT2D eigenvalue weighted by atomic mass is 11.3. The highest BCUT2D eigenvalue weighted by Crippen LogP contribution is 1.95. The summed E-state index contributed by atoms with van der Waals surface area (Å²) in [6, 6.07) is 0. The lowest BCUT2D eigenvalue weighted by Gasteiger charge is -1.57. The van der Waals surface area contributed by atoms with Gasteiger partial charge in [0.05, 0.1) is 0 Å². The highest BCUT2D eigenvalue weighted by Gasteiger charge is 1.82. The molecule has 6 heavy (non-hydrogen) atoms. The molecule has 1 rings (SSSR count). The summed E-state index contributed by atoms with van der Waals surface area (Å²) >= 11 is 2.97. The van der Waals surface area contributed by atoms with Crippen LogP contribution in [-0.4, -0.2) is 10.1 Å². The van der Waals surface area contributed by atoms with Crippen molar-refractivity contribution in [1.82, 2.24) is 10.1 Å². The first kappa shape index (κ1) is 3.80. The fourth-order valence-electron chi connectivity index (χ4n) is 0.158. The molecular formula is C2HBrN2O. The molecule has 0 amide bonds. The van der Waals surface area contributed by atoms with E-state index in [1.807, 2.05) is 0 Å². The minimum atomic E-state index is 0.488. The fourth-order valence-corrected chi connectivity index (χ4v) is 0.325. The van der Waals surface area contributed by atoms with E-state index in [1.165, 1.54) is 6.39 Å². The summed E-state index contributed by atoms with van der Waals surface area (Å²) < 4.78 is 4.79. The third kappa shape index (κ3) is 0.567. The summed E-state index contributed by atoms with van der Waals surface area (Å²) in [5, 5.41) is 3.35. The standard InChI is InChI=1S/C2HBrN2O/c3-2-4-1-6-5-2/h1H. The van der Waals surface area contributed by atoms with Gasteiger partial charge in [-0.1, -0.05) is 5.16 Å². The van der Waals surface area contributed by atoms with E-state index in [0.717, 1.165) is 0 Å². The van der Waals surface area contributed by atoms with Crippen LogP contribution in [0.2, 0.25) is 0 Å². The molecule has 0 bridgehead atoms. The highest BCUT2D eigenvalue weighted by atomic mass is 79.9. The summed E-state index contributed by atoms with van der Waals surface area (Å²) in [6.45, 7) is 0. The molecule has 0 aliphatic carbocycles. The second-order valence-corrected chi connectivity index (χ2v) is 1.41. The zero-order chi connectivity index (χ0) is 4.41. The molecule has 1 aromatic rings. The zero-order valence-corrected chi connectivity index (χ0v) is 4.34. The van der Waals surface area contributed by atoms with Gasteiger partial charge >= 0.3 is 0 Å². The van der Waals surface area contributed by atoms with Gasteiger partial charge in [0.2, 0.25) is 11.1 Å². The first-order chi connectivity index (χ1) is 2.89. The van der Waals surface area contributed by atoms with Gasteiger partial charge in [-0.25, -0.2) is 0 Å². The smallest absolute Gasteiger partial charge is 0.238 e. The van der Waals surface area contributed by atoms with Gasteiger partial charge in [0.1, 0.15) is 0 Å². The average molecular weight is 149 g/mol. The second kappa shape index (κ2) is 1.38. The van der Waals surface area contributed by atoms with E-state index in [0.29, 0.717) is 4.73 Å². The first-order valence-corrected chi connectivity index (χ1v) is 2.11. The molecule has 3 nitrogen and oxygen atoms in total. The van der Waals surface area contributed by atoms with Crippen LogP contribution in [-0.2, 0) is 0 Å². The van der Waals surface area contributed by atoms with Crippen molar-refractivity contribution in [3.05, 3.63) is 11.1 Å². The van der Waals surface area contributed by atoms with Crippen molar-refractivity contribution >= 4 is 15.9 Å². The van der Waals surface area contributed by atoms with E-state index in [2.05, 4.69) is 30.6 Å². The van der Waals surface area contributed by atoms with E-state index < -0.39 is 0 Å². The number of halogens is 1. The first-order valence-electron chi connectivity index (χ1n) is 1.31. The maximum atomic E-state index is 4.31. The molecule has 0 unspecified atom stereocenters. The molecule has 0 N–H and O–H groups in total. The molecule has 0 saturated carbocycles. The van der Waals surface area contributed by atoms with Gasteiger partial charge < -0.3 is 4.52 Å². The van der Waals surface area contributed by atoms with Crippen molar-refractivity contribution in [2.45, 2.75) is 0 Å². The minimum Gasteiger partial charge on any atom is -0.342 e. The topological polar surface area (TPSA) is 38.9 Å². The molecule has 0 aliphatic rings. The van der Waals surface area contributed by atoms with Crippen LogP contribution in [0.5, 0.6) is 0 Å². The van der Waals surface area contributed by atoms with Crippen molar-refractivity contribution in [3.63, 3.8) is 0 Å². The van der Waals surface area contributed by atoms with Gasteiger partial charge in [-0.05, 0) is 15.9 Å². The molecule has 0 aliphatic heterocycles. The van der Waals surface area contributed by atoms with Gasteiger partial charge in [-0.15, -0.1) is 0 Å². The van der Waals surface area contributed by atoms with Gasteiger partial charge in [0.15, 0.2) is 0 Å². The van der Waals surface area contributed by atoms with E-state index in [1.54, 1.807) is 0 Å². The number of nitrogens with zero attached hydrogens (tertiary/aromatic N) is 2. The Hall–Kier alpha value is -0.380. The van der Waals surface area contributed by atoms with Crippen LogP contribution in [0.1, 0.15) is 0 Å². The summed E-state index contributed by atoms with van der Waals surface area (Å²) in [7, 11) is 0. The molecule has 0 radical (unpaired) electrons. The van der Waals surface area contributed by atoms with Crippen molar-refractivity contribution in [2.24, 2.45) is 0 Å². The summed E-state index contributed by atoms with van der Waals surface area (Å²) in [6.07, 6.45) is 1.25. The van der Waals surface area contributed by atoms with Crippen molar-refractivity contribution in [1.29, 1.82) is 0 Å². The van der Waals surface area contributed by atoms with E-state index in [9.17, 15) is 0 Å². The third-order valence-corrected chi connectivity index (χ3v) is 0.684. The number of aromatic nitrogens is 2. The Kier molecular flexibility index (Phi) is 0.874. The van der Waals surface area contributed by atoms with Gasteiger partial charge in [0, 0.05) is 0 Å². The molecule has 0 fully saturated rings. The van der Waals surface area contributed by atoms with Crippen molar-refractivity contribution in [2.75, 3.05) is 0 Å². The molecule has 4 heteroatoms. The Balaban J connectivity index is 3.05. The Morgan fingerprint density at radius 1 is 1.83 bits per heavy atom. The van der Waals surface area contributed by atoms with Crippen LogP contribution in [0.15, 0.2) is 15.7 Å². The molecule has 0 spiro atoms. The maximum absolute atomic E-state index is 4.31. The van der Waals surface area contributed by atoms with Crippen LogP contribution < -0.4 is 0 Å². The van der Waals surface area contributed by atoms with E-state index in [-0.39, 0.29) is 0 Å². The van der Waals surface area contributed by atoms with E-state index >= 15 is 0 Å². The predicted molar refractivity (Wildman–Crippen MR) is 22.0 cm³/mol. The lowest BCUT2D eigenvalue weighted by molar-refractivity contribution is 0.413. The SMILES string of the molecule is Brc1ncon1. The van der Waals surface area contributed by atoms with E-state index in [4.69, 9.17) is 0 Å². The zero-order valence-electron chi connectivity index (χ0n) is 2.76. The predicted octanol–water partition coefficient (Wildman–Crippen LogP) is 0.832. The third-order valence-electron chi connectivity index (χ3n) is 0.334. The average Bonchev–Trinajstić information content (AvgIpc) is 1.86. The quantitative estimate of drug-likeness (QED) is 0.548. The summed E-state index contributed by atoms with van der Waals surface area (Å²) in [5.74, 6) is 0. The Bertz CT molecular complexity index is 115. The van der Waals surface area contributed by atoms with Crippen LogP contribution in [0.3, 0.4) is 0 Å². The Labute approximate surface area is 42.5 Å². The molecular weight excluding hydrogens is 148 g/mol. The second-order valence-electron chi connectivity index (χ2n) is 0.700. The molecule has 1 aromatic heterocycles. The Morgan fingerprint density at radius 3 is 2.83 bits per heavy atom. The molecule has 0 atom stereocenters. The fraction of sp³-hybridized carbons (Fsp3) is 0. The van der Waals surface area contributed by atoms with Crippen LogP contribution in [0.4, 0.5) is 0 Å². The van der Waals surface area contributed by atoms with Gasteiger partial charge in [0.25, 0.3) is 0 Å². The monoisotopic (exact) mass is 148 g/mol. The molecule has 0 saturated heterocycles. The number of hydrogen-bond donors (Lipinski definition) is 0. The minimum absolute atomic E-state index is 0.488. The van der Waals surface area contributed by atoms with Crippen molar-refractivity contribution < 1.29 is 4.52 Å². The Morgan fingerprint density at radius 2 is 2.67 bits per heavy atom. The normalized spacial score (nSPS) is 8.83. The largest absolute Gasteiger partial charge is 0.342 e. The van der Waals surface area contributed by atoms with Crippen LogP contribution >= 0.6 is 15.9 Å². The number of hydrogen-bond acceptors (Lipinski definition) is 3. The van der Waals surface area contributed by atoms with Gasteiger partial charge in [-0.2, -0.15) is 4.98 Å². The van der Waals surface area contributed by atoms with Gasteiger partial charge in [-0.3, -0.25) is 0 Å². The van der Waals surface area contributed by atoms with Crippen LogP contribution in [0, 0.1) is 0 Å². The van der Waals surface area contributed by atoms with Crippen LogP contribution in [0.25, 0.3) is 0 Å². The molecule has 0 aromatic carbocycles. The molecule has 32 valence electrons. The maximum Gasteiger partial charge on any atom is 0.238 e. The summed E-state index contributed by atoms with van der Waals surface area (Å²) in [5.41, 5.74) is 0. The molecule has 1 heterocycles. The summed E-state index contributed by atoms with van der Waals surface area (Å²) in [4.78, 5) is 3.56.